The summed E-state index contributed by atoms with van der Waals surface area (Å²) < 4.78 is 19.5. The molecule has 0 aliphatic carbocycles. The fourth-order valence-electron chi connectivity index (χ4n) is 9.11. The zero-order valence-corrected chi connectivity index (χ0v) is 33.6. The molecule has 0 saturated carbocycles. The molecule has 6 heteroatoms. The number of fused-ring (bicyclic) bond motifs is 9. The molecule has 9 aromatic carbocycles. The minimum Gasteiger partial charge on any atom is -0.456 e. The van der Waals surface area contributed by atoms with E-state index >= 15 is 0 Å². The lowest BCUT2D eigenvalue weighted by molar-refractivity contribution is 0.668. The summed E-state index contributed by atoms with van der Waals surface area (Å²) in [6, 6.07) is 68.7. The van der Waals surface area contributed by atoms with Gasteiger partial charge in [-0.25, -0.2) is 15.0 Å². The highest BCUT2D eigenvalue weighted by atomic mass is 16.3. The predicted octanol–water partition coefficient (Wildman–Crippen LogP) is 15.6. The third kappa shape index (κ3) is 5.84. The molecule has 63 heavy (non-hydrogen) atoms. The van der Waals surface area contributed by atoms with E-state index < -0.39 is 0 Å². The zero-order valence-electron chi connectivity index (χ0n) is 33.6. The number of furan rings is 3. The Morgan fingerprint density at radius 2 is 0.762 bits per heavy atom. The molecule has 0 saturated heterocycles. The van der Waals surface area contributed by atoms with Crippen molar-refractivity contribution in [1.29, 1.82) is 0 Å². The third-order valence-corrected chi connectivity index (χ3v) is 12.1. The maximum absolute atomic E-state index is 6.97. The smallest absolute Gasteiger partial charge is 0.164 e. The summed E-state index contributed by atoms with van der Waals surface area (Å²) in [6.45, 7) is 0. The molecule has 0 fully saturated rings. The third-order valence-electron chi connectivity index (χ3n) is 12.1. The molecule has 294 valence electrons. The van der Waals surface area contributed by atoms with Crippen LogP contribution in [-0.2, 0) is 0 Å². The molecule has 13 aromatic rings. The van der Waals surface area contributed by atoms with Crippen LogP contribution in [0.15, 0.2) is 213 Å². The van der Waals surface area contributed by atoms with E-state index in [0.29, 0.717) is 17.5 Å². The van der Waals surface area contributed by atoms with Gasteiger partial charge in [-0.1, -0.05) is 140 Å². The number of nitrogens with zero attached hydrogens (tertiary/aromatic N) is 3. The highest BCUT2D eigenvalue weighted by Gasteiger charge is 2.22. The van der Waals surface area contributed by atoms with E-state index in [-0.39, 0.29) is 0 Å². The Bertz CT molecular complexity index is 3920. The zero-order chi connectivity index (χ0) is 41.4. The largest absolute Gasteiger partial charge is 0.456 e. The number of aromatic nitrogens is 3. The van der Waals surface area contributed by atoms with E-state index in [1.54, 1.807) is 0 Å². The summed E-state index contributed by atoms with van der Waals surface area (Å²) in [5, 5.41) is 6.15. The highest BCUT2D eigenvalue weighted by molar-refractivity contribution is 6.17. The van der Waals surface area contributed by atoms with Crippen molar-refractivity contribution in [3.8, 4) is 67.5 Å². The molecule has 0 spiro atoms. The first kappa shape index (κ1) is 35.2. The first-order valence-corrected chi connectivity index (χ1v) is 21.0. The lowest BCUT2D eigenvalue weighted by Gasteiger charge is -2.11. The predicted molar refractivity (Wildman–Crippen MR) is 254 cm³/mol. The van der Waals surface area contributed by atoms with Crippen LogP contribution in [0.5, 0.6) is 0 Å². The Morgan fingerprint density at radius 3 is 1.49 bits per heavy atom. The Labute approximate surface area is 360 Å². The van der Waals surface area contributed by atoms with Gasteiger partial charge in [0.1, 0.15) is 33.5 Å². The van der Waals surface area contributed by atoms with Crippen LogP contribution in [0.25, 0.3) is 133 Å². The Morgan fingerprint density at radius 1 is 0.254 bits per heavy atom. The van der Waals surface area contributed by atoms with Gasteiger partial charge < -0.3 is 13.3 Å². The van der Waals surface area contributed by atoms with Crippen LogP contribution in [-0.4, -0.2) is 15.0 Å². The molecule has 0 aliphatic heterocycles. The number of para-hydroxylation sites is 2. The van der Waals surface area contributed by atoms with Gasteiger partial charge >= 0.3 is 0 Å². The highest BCUT2D eigenvalue weighted by Crippen LogP contribution is 2.45. The molecule has 6 nitrogen and oxygen atoms in total. The topological polar surface area (TPSA) is 78.1 Å². The maximum atomic E-state index is 6.97. The van der Waals surface area contributed by atoms with Gasteiger partial charge in [-0.2, -0.15) is 0 Å². The second kappa shape index (κ2) is 14.0. The van der Waals surface area contributed by atoms with Gasteiger partial charge in [0.2, 0.25) is 0 Å². The summed E-state index contributed by atoms with van der Waals surface area (Å²) in [5.74, 6) is 1.74. The van der Waals surface area contributed by atoms with E-state index in [0.717, 1.165) is 116 Å². The summed E-state index contributed by atoms with van der Waals surface area (Å²) in [5.41, 5.74) is 13.9. The molecule has 0 aliphatic rings. The van der Waals surface area contributed by atoms with Crippen LogP contribution < -0.4 is 0 Å². The van der Waals surface area contributed by atoms with Gasteiger partial charge in [0, 0.05) is 54.6 Å². The van der Waals surface area contributed by atoms with Gasteiger partial charge in [0.05, 0.1) is 0 Å². The minimum absolute atomic E-state index is 0.557. The lowest BCUT2D eigenvalue weighted by Crippen LogP contribution is -2.00. The van der Waals surface area contributed by atoms with Crippen molar-refractivity contribution >= 4 is 65.8 Å². The van der Waals surface area contributed by atoms with Gasteiger partial charge in [-0.05, 0) is 88.5 Å². The molecule has 4 aromatic heterocycles. The normalized spacial score (nSPS) is 11.8. The van der Waals surface area contributed by atoms with Crippen LogP contribution in [0.3, 0.4) is 0 Å². The summed E-state index contributed by atoms with van der Waals surface area (Å²) in [4.78, 5) is 15.6. The van der Waals surface area contributed by atoms with Crippen molar-refractivity contribution in [1.82, 2.24) is 15.0 Å². The molecule has 0 atom stereocenters. The number of hydrogen-bond donors (Lipinski definition) is 0. The van der Waals surface area contributed by atoms with E-state index in [4.69, 9.17) is 28.2 Å². The van der Waals surface area contributed by atoms with Gasteiger partial charge in [0.15, 0.2) is 17.5 Å². The van der Waals surface area contributed by atoms with Crippen LogP contribution in [0.4, 0.5) is 0 Å². The van der Waals surface area contributed by atoms with Crippen molar-refractivity contribution in [2.75, 3.05) is 0 Å². The van der Waals surface area contributed by atoms with E-state index in [2.05, 4.69) is 127 Å². The standard InChI is InChI=1S/C57H33N3O3/c1-3-13-34(14-4-1)36-17-11-18-39(29-36)56-58-55(35-15-5-2-6-16-35)59-57(60-56)43-21-12-24-52-53(43)47-33-40(37-25-27-50-45(30-37)41-19-7-9-22-48(41)61-50)32-44(54(47)63-52)38-26-28-51-46(31-38)42-20-8-10-23-49(42)62-51/h1-33H. The van der Waals surface area contributed by atoms with E-state index in [1.165, 1.54) is 0 Å². The minimum atomic E-state index is 0.557. The molecule has 0 N–H and O–H groups in total. The Kier molecular flexibility index (Phi) is 7.80. The van der Waals surface area contributed by atoms with Gasteiger partial charge in [-0.3, -0.25) is 0 Å². The van der Waals surface area contributed by atoms with Crippen LogP contribution >= 0.6 is 0 Å². The summed E-state index contributed by atoms with van der Waals surface area (Å²) in [7, 11) is 0. The average Bonchev–Trinajstić information content (AvgIpc) is 4.05. The molecule has 4 heterocycles. The number of rotatable bonds is 6. The summed E-state index contributed by atoms with van der Waals surface area (Å²) >= 11 is 0. The van der Waals surface area contributed by atoms with Crippen molar-refractivity contribution in [2.24, 2.45) is 0 Å². The second-order valence-corrected chi connectivity index (χ2v) is 15.9. The molecule has 0 radical (unpaired) electrons. The SMILES string of the molecule is c1ccc(-c2cccc(-c3nc(-c4ccccc4)nc(-c4cccc5oc6c(-c7ccc8oc9ccccc9c8c7)cc(-c7ccc8oc9ccccc9c8c7)cc6c45)n3)c2)cc1. The Hall–Kier alpha value is -8.61. The summed E-state index contributed by atoms with van der Waals surface area (Å²) in [6.07, 6.45) is 0. The van der Waals surface area contributed by atoms with Crippen molar-refractivity contribution in [2.45, 2.75) is 0 Å². The van der Waals surface area contributed by atoms with Crippen LogP contribution in [0, 0.1) is 0 Å². The first-order chi connectivity index (χ1) is 31.2. The Balaban J connectivity index is 1.07. The molecule has 0 unspecified atom stereocenters. The maximum Gasteiger partial charge on any atom is 0.164 e. The average molecular weight is 808 g/mol. The molecule has 0 amide bonds. The lowest BCUT2D eigenvalue weighted by atomic mass is 9.93. The number of benzene rings is 9. The van der Waals surface area contributed by atoms with Crippen molar-refractivity contribution in [3.05, 3.63) is 200 Å². The molecular formula is C57H33N3O3. The van der Waals surface area contributed by atoms with Gasteiger partial charge in [-0.15, -0.1) is 0 Å². The van der Waals surface area contributed by atoms with E-state index in [9.17, 15) is 0 Å². The van der Waals surface area contributed by atoms with Crippen LogP contribution in [0.2, 0.25) is 0 Å². The molecular weight excluding hydrogens is 775 g/mol. The first-order valence-electron chi connectivity index (χ1n) is 21.0. The molecule has 13 rings (SSSR count). The fourth-order valence-corrected chi connectivity index (χ4v) is 9.11. The van der Waals surface area contributed by atoms with E-state index in [1.807, 2.05) is 72.8 Å². The monoisotopic (exact) mass is 807 g/mol. The molecule has 0 bridgehead atoms. The quantitative estimate of drug-likeness (QED) is 0.166. The fraction of sp³-hybridized carbons (Fsp3) is 0. The second-order valence-electron chi connectivity index (χ2n) is 15.9. The van der Waals surface area contributed by atoms with Gasteiger partial charge in [0.25, 0.3) is 0 Å². The van der Waals surface area contributed by atoms with Crippen molar-refractivity contribution < 1.29 is 13.3 Å². The number of hydrogen-bond acceptors (Lipinski definition) is 6. The van der Waals surface area contributed by atoms with Crippen LogP contribution in [0.1, 0.15) is 0 Å². The van der Waals surface area contributed by atoms with Crippen molar-refractivity contribution in [3.63, 3.8) is 0 Å².